The molecule has 0 amide bonds. The third kappa shape index (κ3) is 5.92. The molecule has 0 fully saturated rings. The van der Waals surface area contributed by atoms with Crippen LogP contribution in [-0.2, 0) is 12.8 Å². The smallest absolute Gasteiger partial charge is 0.212 e. The second-order valence-electron chi connectivity index (χ2n) is 5.68. The van der Waals surface area contributed by atoms with Gasteiger partial charge in [-0.3, -0.25) is 0 Å². The molecule has 1 aromatic heterocycles. The predicted octanol–water partition coefficient (Wildman–Crippen LogP) is 2.74. The largest absolute Gasteiger partial charge is 0.391 e. The van der Waals surface area contributed by atoms with Crippen LogP contribution in [-0.4, -0.2) is 28.8 Å². The van der Waals surface area contributed by atoms with Gasteiger partial charge in [0.15, 0.2) is 0 Å². The first kappa shape index (κ1) is 16.6. The van der Waals surface area contributed by atoms with Crippen molar-refractivity contribution in [2.75, 3.05) is 6.54 Å². The molecule has 0 radical (unpaired) electrons. The highest BCUT2D eigenvalue weighted by atomic mass is 19.1. The quantitative estimate of drug-likeness (QED) is 0.737. The first-order valence-electron chi connectivity index (χ1n) is 7.69. The highest BCUT2D eigenvalue weighted by molar-refractivity contribution is 5.15. The maximum Gasteiger partial charge on any atom is 0.212 e. The zero-order valence-corrected chi connectivity index (χ0v) is 12.9. The van der Waals surface area contributed by atoms with Crippen molar-refractivity contribution in [1.82, 2.24) is 10.3 Å². The number of rotatable bonds is 8. The van der Waals surface area contributed by atoms with E-state index < -0.39 is 12.1 Å². The van der Waals surface area contributed by atoms with Crippen LogP contribution in [0.25, 0.3) is 0 Å². The first-order valence-corrected chi connectivity index (χ1v) is 7.69. The fraction of sp³-hybridized carbons (Fsp3) is 0.389. The predicted molar refractivity (Wildman–Crippen MR) is 86.1 cm³/mol. The molecule has 2 rings (SSSR count). The lowest BCUT2D eigenvalue weighted by Gasteiger charge is -2.17. The number of hydrogen-bond donors (Lipinski definition) is 2. The minimum absolute atomic E-state index is 0.287. The van der Waals surface area contributed by atoms with Crippen LogP contribution in [0.1, 0.15) is 24.5 Å². The van der Waals surface area contributed by atoms with Crippen molar-refractivity contribution in [2.45, 2.75) is 38.3 Å². The van der Waals surface area contributed by atoms with Crippen LogP contribution >= 0.6 is 0 Å². The highest BCUT2D eigenvalue weighted by Gasteiger charge is 2.08. The molecule has 0 aliphatic carbocycles. The van der Waals surface area contributed by atoms with Gasteiger partial charge in [0.05, 0.1) is 6.10 Å². The molecule has 2 atom stereocenters. The number of aliphatic hydroxyl groups excluding tert-OH is 1. The molecule has 22 heavy (non-hydrogen) atoms. The molecular formula is C18H23FN2O. The molecular weight excluding hydrogens is 279 g/mol. The fourth-order valence-electron chi connectivity index (χ4n) is 2.34. The molecule has 4 heteroatoms. The van der Waals surface area contributed by atoms with Crippen molar-refractivity contribution in [3.8, 4) is 0 Å². The Morgan fingerprint density at radius 1 is 1.14 bits per heavy atom. The lowest BCUT2D eigenvalue weighted by molar-refractivity contribution is 0.167. The molecule has 2 aromatic rings. The van der Waals surface area contributed by atoms with Gasteiger partial charge >= 0.3 is 0 Å². The number of pyridine rings is 1. The van der Waals surface area contributed by atoms with Crippen molar-refractivity contribution in [2.24, 2.45) is 0 Å². The third-order valence-corrected chi connectivity index (χ3v) is 3.67. The average Bonchev–Trinajstić information content (AvgIpc) is 2.53. The molecule has 0 saturated carbocycles. The molecule has 0 aliphatic heterocycles. The monoisotopic (exact) mass is 302 g/mol. The lowest BCUT2D eigenvalue weighted by atomic mass is 10.1. The SMILES string of the molecule is CC(CCc1ccc(F)nc1)NCC(O)Cc1ccccc1. The molecule has 2 unspecified atom stereocenters. The Morgan fingerprint density at radius 2 is 1.91 bits per heavy atom. The molecule has 3 nitrogen and oxygen atoms in total. The van der Waals surface area contributed by atoms with Crippen LogP contribution in [0.3, 0.4) is 0 Å². The molecule has 0 bridgehead atoms. The molecule has 2 N–H and O–H groups in total. The number of aryl methyl sites for hydroxylation is 1. The fourth-order valence-corrected chi connectivity index (χ4v) is 2.34. The second-order valence-corrected chi connectivity index (χ2v) is 5.68. The van der Waals surface area contributed by atoms with E-state index in [2.05, 4.69) is 17.2 Å². The van der Waals surface area contributed by atoms with Crippen LogP contribution in [0.4, 0.5) is 4.39 Å². The van der Waals surface area contributed by atoms with Gasteiger partial charge in [0.1, 0.15) is 0 Å². The zero-order chi connectivity index (χ0) is 15.8. The van der Waals surface area contributed by atoms with E-state index in [1.807, 2.05) is 30.3 Å². The summed E-state index contributed by atoms with van der Waals surface area (Å²) in [6.45, 7) is 2.66. The van der Waals surface area contributed by atoms with Crippen molar-refractivity contribution in [1.29, 1.82) is 0 Å². The normalized spacial score (nSPS) is 13.8. The van der Waals surface area contributed by atoms with E-state index in [-0.39, 0.29) is 6.04 Å². The number of halogens is 1. The standard InChI is InChI=1S/C18H23FN2O/c1-14(7-8-16-9-10-18(19)21-12-16)20-13-17(22)11-15-5-3-2-4-6-15/h2-6,9-10,12,14,17,20,22H,7-8,11,13H2,1H3. The van der Waals surface area contributed by atoms with Crippen LogP contribution in [0.15, 0.2) is 48.7 Å². The van der Waals surface area contributed by atoms with Crippen molar-refractivity contribution in [3.63, 3.8) is 0 Å². The van der Waals surface area contributed by atoms with E-state index in [1.54, 1.807) is 12.3 Å². The van der Waals surface area contributed by atoms with E-state index in [9.17, 15) is 9.50 Å². The number of benzene rings is 1. The molecule has 0 saturated heterocycles. The Labute approximate surface area is 131 Å². The highest BCUT2D eigenvalue weighted by Crippen LogP contribution is 2.06. The Hall–Kier alpha value is -1.78. The van der Waals surface area contributed by atoms with E-state index in [0.717, 1.165) is 24.0 Å². The number of nitrogens with zero attached hydrogens (tertiary/aromatic N) is 1. The Kier molecular flexibility index (Phi) is 6.49. The zero-order valence-electron chi connectivity index (χ0n) is 12.9. The minimum atomic E-state index is -0.445. The summed E-state index contributed by atoms with van der Waals surface area (Å²) in [7, 11) is 0. The Bertz CT molecular complexity index is 545. The summed E-state index contributed by atoms with van der Waals surface area (Å²) in [4.78, 5) is 3.65. The van der Waals surface area contributed by atoms with E-state index in [0.29, 0.717) is 13.0 Å². The van der Waals surface area contributed by atoms with Crippen molar-refractivity contribution in [3.05, 3.63) is 65.7 Å². The van der Waals surface area contributed by atoms with Crippen LogP contribution in [0.5, 0.6) is 0 Å². The Balaban J connectivity index is 1.66. The van der Waals surface area contributed by atoms with Gasteiger partial charge < -0.3 is 10.4 Å². The topological polar surface area (TPSA) is 45.2 Å². The van der Waals surface area contributed by atoms with Gasteiger partial charge in [0, 0.05) is 18.8 Å². The summed E-state index contributed by atoms with van der Waals surface area (Å²) in [6, 6.07) is 13.4. The summed E-state index contributed by atoms with van der Waals surface area (Å²) in [5.74, 6) is -0.445. The first-order chi connectivity index (χ1) is 10.6. The van der Waals surface area contributed by atoms with Crippen LogP contribution in [0, 0.1) is 5.95 Å². The molecule has 0 spiro atoms. The van der Waals surface area contributed by atoms with Gasteiger partial charge in [-0.15, -0.1) is 0 Å². The summed E-state index contributed by atoms with van der Waals surface area (Å²) < 4.78 is 12.7. The van der Waals surface area contributed by atoms with Gasteiger partial charge in [0.25, 0.3) is 0 Å². The van der Waals surface area contributed by atoms with Gasteiger partial charge in [-0.2, -0.15) is 4.39 Å². The number of aromatic nitrogens is 1. The molecule has 0 aliphatic rings. The summed E-state index contributed by atoms with van der Waals surface area (Å²) in [5, 5.41) is 13.4. The summed E-state index contributed by atoms with van der Waals surface area (Å²) in [5.41, 5.74) is 2.17. The minimum Gasteiger partial charge on any atom is -0.391 e. The number of aliphatic hydroxyl groups is 1. The number of nitrogens with one attached hydrogen (secondary N) is 1. The van der Waals surface area contributed by atoms with Crippen molar-refractivity contribution >= 4 is 0 Å². The van der Waals surface area contributed by atoms with Gasteiger partial charge in [-0.1, -0.05) is 36.4 Å². The average molecular weight is 302 g/mol. The van der Waals surface area contributed by atoms with Gasteiger partial charge in [-0.05, 0) is 43.4 Å². The Morgan fingerprint density at radius 3 is 2.59 bits per heavy atom. The van der Waals surface area contributed by atoms with Gasteiger partial charge in [0.2, 0.25) is 5.95 Å². The van der Waals surface area contributed by atoms with E-state index >= 15 is 0 Å². The summed E-state index contributed by atoms with van der Waals surface area (Å²) >= 11 is 0. The van der Waals surface area contributed by atoms with Crippen molar-refractivity contribution < 1.29 is 9.50 Å². The van der Waals surface area contributed by atoms with E-state index in [1.165, 1.54) is 6.07 Å². The van der Waals surface area contributed by atoms with Crippen LogP contribution < -0.4 is 5.32 Å². The van der Waals surface area contributed by atoms with E-state index in [4.69, 9.17) is 0 Å². The van der Waals surface area contributed by atoms with Gasteiger partial charge in [-0.25, -0.2) is 4.98 Å². The molecule has 1 heterocycles. The lowest BCUT2D eigenvalue weighted by Crippen LogP contribution is -2.35. The second kappa shape index (κ2) is 8.61. The maximum atomic E-state index is 12.7. The third-order valence-electron chi connectivity index (χ3n) is 3.67. The summed E-state index contributed by atoms with van der Waals surface area (Å²) in [6.07, 6.45) is 3.61. The molecule has 118 valence electrons. The maximum absolute atomic E-state index is 12.7. The number of hydrogen-bond acceptors (Lipinski definition) is 3. The van der Waals surface area contributed by atoms with Crippen LogP contribution in [0.2, 0.25) is 0 Å². The molecule has 1 aromatic carbocycles.